The second kappa shape index (κ2) is 11.0. The molecule has 0 spiro atoms. The van der Waals surface area contributed by atoms with E-state index in [0.717, 1.165) is 22.7 Å². The standard InChI is InChI=1S/C28H32N2O5S/c1-20(22-14-13-21-9-7-8-10-23(21)17-22)29-28(31)19-30(36(32,33)25-11-5-4-6-12-25)24-15-16-26(34-2)27(18-24)35-3/h4-6,11-18,20H,7-10,19H2,1-3H3,(H,29,31)/t20-/m0/s1. The van der Waals surface area contributed by atoms with E-state index >= 15 is 0 Å². The number of amides is 1. The minimum Gasteiger partial charge on any atom is -0.493 e. The van der Waals surface area contributed by atoms with Crippen molar-refractivity contribution in [2.24, 2.45) is 0 Å². The highest BCUT2D eigenvalue weighted by Crippen LogP contribution is 2.34. The first-order chi connectivity index (χ1) is 17.3. The number of rotatable bonds is 9. The van der Waals surface area contributed by atoms with Gasteiger partial charge in [-0.15, -0.1) is 0 Å². The lowest BCUT2D eigenvalue weighted by atomic mass is 9.89. The lowest BCUT2D eigenvalue weighted by molar-refractivity contribution is -0.120. The van der Waals surface area contributed by atoms with Crippen LogP contribution in [-0.4, -0.2) is 35.1 Å². The number of hydrogen-bond donors (Lipinski definition) is 1. The number of methoxy groups -OCH3 is 2. The minimum absolute atomic E-state index is 0.0929. The van der Waals surface area contributed by atoms with Crippen LogP contribution in [0.5, 0.6) is 11.5 Å². The third kappa shape index (κ3) is 5.49. The molecule has 1 atom stereocenters. The van der Waals surface area contributed by atoms with E-state index in [0.29, 0.717) is 17.2 Å². The highest BCUT2D eigenvalue weighted by atomic mass is 32.2. The van der Waals surface area contributed by atoms with Gasteiger partial charge in [0.25, 0.3) is 10.0 Å². The van der Waals surface area contributed by atoms with E-state index < -0.39 is 15.9 Å². The molecule has 0 saturated carbocycles. The topological polar surface area (TPSA) is 84.9 Å². The molecule has 3 aromatic carbocycles. The van der Waals surface area contributed by atoms with Gasteiger partial charge in [0.1, 0.15) is 6.54 Å². The van der Waals surface area contributed by atoms with Gasteiger partial charge in [-0.25, -0.2) is 8.42 Å². The largest absolute Gasteiger partial charge is 0.493 e. The molecule has 0 unspecified atom stereocenters. The Labute approximate surface area is 213 Å². The number of benzene rings is 3. The summed E-state index contributed by atoms with van der Waals surface area (Å²) in [4.78, 5) is 13.3. The van der Waals surface area contributed by atoms with Crippen molar-refractivity contribution in [2.45, 2.75) is 43.5 Å². The van der Waals surface area contributed by atoms with Gasteiger partial charge < -0.3 is 14.8 Å². The van der Waals surface area contributed by atoms with Crippen LogP contribution in [0.1, 0.15) is 42.5 Å². The second-order valence-electron chi connectivity index (χ2n) is 8.89. The highest BCUT2D eigenvalue weighted by Gasteiger charge is 2.28. The molecule has 0 saturated heterocycles. The Bertz CT molecular complexity index is 1330. The first-order valence-electron chi connectivity index (χ1n) is 12.0. The zero-order valence-corrected chi connectivity index (χ0v) is 21.7. The van der Waals surface area contributed by atoms with Crippen LogP contribution in [0.25, 0.3) is 0 Å². The summed E-state index contributed by atoms with van der Waals surface area (Å²) in [6.07, 6.45) is 4.52. The summed E-state index contributed by atoms with van der Waals surface area (Å²) in [6, 6.07) is 18.9. The summed E-state index contributed by atoms with van der Waals surface area (Å²) >= 11 is 0. The van der Waals surface area contributed by atoms with Crippen LogP contribution in [0, 0.1) is 0 Å². The van der Waals surface area contributed by atoms with Crippen molar-refractivity contribution >= 4 is 21.6 Å². The number of fused-ring (bicyclic) bond motifs is 1. The summed E-state index contributed by atoms with van der Waals surface area (Å²) in [7, 11) is -1.05. The van der Waals surface area contributed by atoms with Gasteiger partial charge in [-0.1, -0.05) is 36.4 Å². The summed E-state index contributed by atoms with van der Waals surface area (Å²) in [5.74, 6) is 0.421. The van der Waals surface area contributed by atoms with Crippen molar-refractivity contribution in [3.8, 4) is 11.5 Å². The van der Waals surface area contributed by atoms with E-state index in [1.165, 1.54) is 50.3 Å². The zero-order chi connectivity index (χ0) is 25.7. The summed E-state index contributed by atoms with van der Waals surface area (Å²) in [5.41, 5.74) is 4.01. The van der Waals surface area contributed by atoms with Crippen LogP contribution in [0.2, 0.25) is 0 Å². The Hall–Kier alpha value is -3.52. The predicted octanol–water partition coefficient (Wildman–Crippen LogP) is 4.66. The average Bonchev–Trinajstić information content (AvgIpc) is 2.91. The van der Waals surface area contributed by atoms with E-state index in [-0.39, 0.29) is 17.5 Å². The van der Waals surface area contributed by atoms with Gasteiger partial charge in [0.05, 0.1) is 30.8 Å². The van der Waals surface area contributed by atoms with E-state index in [2.05, 4.69) is 17.4 Å². The minimum atomic E-state index is -4.03. The fourth-order valence-electron chi connectivity index (χ4n) is 4.54. The number of hydrogen-bond acceptors (Lipinski definition) is 5. The number of anilines is 1. The van der Waals surface area contributed by atoms with Gasteiger partial charge >= 0.3 is 0 Å². The van der Waals surface area contributed by atoms with Gasteiger partial charge in [0, 0.05) is 6.07 Å². The van der Waals surface area contributed by atoms with Gasteiger partial charge in [0.2, 0.25) is 5.91 Å². The summed E-state index contributed by atoms with van der Waals surface area (Å²) in [6.45, 7) is 1.52. The Morgan fingerprint density at radius 1 is 0.917 bits per heavy atom. The van der Waals surface area contributed by atoms with Gasteiger partial charge in [-0.2, -0.15) is 0 Å². The Balaban J connectivity index is 1.61. The van der Waals surface area contributed by atoms with Crippen molar-refractivity contribution in [1.82, 2.24) is 5.32 Å². The first kappa shape index (κ1) is 25.6. The molecule has 0 heterocycles. The van der Waals surface area contributed by atoms with E-state index in [1.807, 2.05) is 13.0 Å². The lowest BCUT2D eigenvalue weighted by Gasteiger charge is -2.26. The van der Waals surface area contributed by atoms with Crippen LogP contribution in [-0.2, 0) is 27.7 Å². The molecule has 190 valence electrons. The van der Waals surface area contributed by atoms with Crippen molar-refractivity contribution in [1.29, 1.82) is 0 Å². The van der Waals surface area contributed by atoms with E-state index in [1.54, 1.807) is 36.4 Å². The smallest absolute Gasteiger partial charge is 0.264 e. The first-order valence-corrected chi connectivity index (χ1v) is 13.5. The monoisotopic (exact) mass is 508 g/mol. The maximum atomic E-state index is 13.6. The lowest BCUT2D eigenvalue weighted by Crippen LogP contribution is -2.41. The number of carbonyl (C=O) groups excluding carboxylic acids is 1. The fraction of sp³-hybridized carbons (Fsp3) is 0.321. The fourth-order valence-corrected chi connectivity index (χ4v) is 5.97. The third-order valence-electron chi connectivity index (χ3n) is 6.52. The molecule has 3 aromatic rings. The molecular weight excluding hydrogens is 476 g/mol. The van der Waals surface area contributed by atoms with Crippen LogP contribution in [0.4, 0.5) is 5.69 Å². The highest BCUT2D eigenvalue weighted by molar-refractivity contribution is 7.92. The second-order valence-corrected chi connectivity index (χ2v) is 10.8. The van der Waals surface area contributed by atoms with Gasteiger partial charge in [0.15, 0.2) is 11.5 Å². The predicted molar refractivity (Wildman–Crippen MR) is 140 cm³/mol. The molecule has 0 radical (unpaired) electrons. The van der Waals surface area contributed by atoms with E-state index in [9.17, 15) is 13.2 Å². The van der Waals surface area contributed by atoms with Crippen molar-refractivity contribution < 1.29 is 22.7 Å². The average molecular weight is 509 g/mol. The molecule has 0 aliphatic heterocycles. The SMILES string of the molecule is COc1ccc(N(CC(=O)N[C@@H](C)c2ccc3c(c2)CCCC3)S(=O)(=O)c2ccccc2)cc1OC. The molecule has 0 aromatic heterocycles. The molecule has 4 rings (SSSR count). The van der Waals surface area contributed by atoms with Crippen LogP contribution >= 0.6 is 0 Å². The number of sulfonamides is 1. The molecule has 1 aliphatic carbocycles. The summed E-state index contributed by atoms with van der Waals surface area (Å²) in [5, 5.41) is 2.98. The maximum absolute atomic E-state index is 13.6. The molecule has 7 nitrogen and oxygen atoms in total. The van der Waals surface area contributed by atoms with Crippen LogP contribution in [0.15, 0.2) is 71.6 Å². The number of nitrogens with one attached hydrogen (secondary N) is 1. The van der Waals surface area contributed by atoms with Gasteiger partial charge in [-0.3, -0.25) is 9.10 Å². The molecule has 1 amide bonds. The normalized spacial score (nSPS) is 13.9. The number of ether oxygens (including phenoxy) is 2. The third-order valence-corrected chi connectivity index (χ3v) is 8.31. The molecule has 0 bridgehead atoms. The molecule has 0 fully saturated rings. The number of nitrogens with zero attached hydrogens (tertiary/aromatic N) is 1. The molecule has 36 heavy (non-hydrogen) atoms. The molecule has 8 heteroatoms. The number of aryl methyl sites for hydroxylation is 2. The zero-order valence-electron chi connectivity index (χ0n) is 20.9. The summed E-state index contributed by atoms with van der Waals surface area (Å²) < 4.78 is 39.0. The van der Waals surface area contributed by atoms with Crippen LogP contribution < -0.4 is 19.1 Å². The molecule has 1 aliphatic rings. The Morgan fingerprint density at radius 2 is 1.61 bits per heavy atom. The Morgan fingerprint density at radius 3 is 2.31 bits per heavy atom. The van der Waals surface area contributed by atoms with Gasteiger partial charge in [-0.05, 0) is 73.6 Å². The van der Waals surface area contributed by atoms with Crippen molar-refractivity contribution in [3.05, 3.63) is 83.4 Å². The Kier molecular flexibility index (Phi) is 7.84. The van der Waals surface area contributed by atoms with Crippen molar-refractivity contribution in [3.63, 3.8) is 0 Å². The van der Waals surface area contributed by atoms with E-state index in [4.69, 9.17) is 9.47 Å². The molecule has 1 N–H and O–H groups in total. The number of carbonyl (C=O) groups is 1. The molecular formula is C28H32N2O5S. The quantitative estimate of drug-likeness (QED) is 0.455. The van der Waals surface area contributed by atoms with Crippen molar-refractivity contribution in [2.75, 3.05) is 25.1 Å². The van der Waals surface area contributed by atoms with Crippen LogP contribution in [0.3, 0.4) is 0 Å². The maximum Gasteiger partial charge on any atom is 0.264 e.